The molecule has 76 heavy (non-hydrogen) atoms. The highest BCUT2D eigenvalue weighted by Crippen LogP contribution is 2.17. The molecule has 0 saturated heterocycles. The molecule has 1 atom stereocenters. The summed E-state index contributed by atoms with van der Waals surface area (Å²) in [5.74, 6) is -0.916. The topological polar surface area (TPSA) is 78.9 Å². The SMILES string of the molecule is CC/C=C\C/C=C\C/C=C\C/C=C\C/C=C\CCCCCC(=O)OC(COC(=O)CCCCCCCCC/C=C\C/C=C\CCCCCC)COC(=O)CCCCCCCCCCCCCCCCCCCCCCC. The van der Waals surface area contributed by atoms with Crippen molar-refractivity contribution in [2.45, 2.75) is 329 Å². The van der Waals surface area contributed by atoms with E-state index in [9.17, 15) is 14.4 Å². The molecule has 0 N–H and O–H groups in total. The standard InChI is InChI=1S/C70H122O6/c1-4-7-10-13-16-19-22-25-28-31-34-35-37-39-42-45-48-51-54-57-60-63-69(72)75-66-67(65-74-68(71)62-59-56-53-50-47-44-41-38-33-30-27-24-21-18-15-12-9-6-3)76-70(73)64-61-58-55-52-49-46-43-40-36-32-29-26-23-20-17-14-11-8-5-2/h8,11,17,20-21,24,26,29-30,33,36,40,46,49,67H,4-7,9-10,12-16,18-19,22-23,25,27-28,31-32,34-35,37-39,41-45,47-48,50-66H2,1-3H3/b11-8-,20-17-,24-21-,29-26-,33-30-,40-36-,49-46-. The van der Waals surface area contributed by atoms with Crippen LogP contribution in [0.2, 0.25) is 0 Å². The predicted octanol–water partition coefficient (Wildman–Crippen LogP) is 22.3. The van der Waals surface area contributed by atoms with Crippen molar-refractivity contribution in [3.8, 4) is 0 Å². The number of esters is 3. The first kappa shape index (κ1) is 72.6. The number of allylic oxidation sites excluding steroid dienone is 14. The Balaban J connectivity index is 4.42. The van der Waals surface area contributed by atoms with E-state index in [4.69, 9.17) is 14.2 Å². The molecule has 0 aliphatic carbocycles. The molecular weight excluding hydrogens is 937 g/mol. The van der Waals surface area contributed by atoms with Crippen LogP contribution in [0.25, 0.3) is 0 Å². The minimum absolute atomic E-state index is 0.0901. The first-order valence-corrected chi connectivity index (χ1v) is 32.6. The molecule has 0 fully saturated rings. The van der Waals surface area contributed by atoms with Gasteiger partial charge < -0.3 is 14.2 Å². The number of hydrogen-bond donors (Lipinski definition) is 0. The molecular formula is C70H122O6. The van der Waals surface area contributed by atoms with Crippen LogP contribution in [0.5, 0.6) is 0 Å². The number of carbonyl (C=O) groups excluding carboxylic acids is 3. The molecule has 0 aromatic heterocycles. The van der Waals surface area contributed by atoms with E-state index in [0.29, 0.717) is 12.8 Å². The lowest BCUT2D eigenvalue weighted by Gasteiger charge is -2.18. The van der Waals surface area contributed by atoms with E-state index in [-0.39, 0.29) is 37.5 Å². The summed E-state index contributed by atoms with van der Waals surface area (Å²) in [5, 5.41) is 0. The lowest BCUT2D eigenvalue weighted by Crippen LogP contribution is -2.30. The van der Waals surface area contributed by atoms with Crippen LogP contribution in [0.1, 0.15) is 323 Å². The van der Waals surface area contributed by atoms with E-state index in [1.54, 1.807) is 0 Å². The molecule has 0 bridgehead atoms. The Morgan fingerprint density at radius 3 is 0.829 bits per heavy atom. The maximum Gasteiger partial charge on any atom is 0.306 e. The Kier molecular flexibility index (Phi) is 61.2. The van der Waals surface area contributed by atoms with Crippen LogP contribution in [0, 0.1) is 0 Å². The molecule has 0 aromatic rings. The minimum atomic E-state index is -0.798. The van der Waals surface area contributed by atoms with E-state index in [1.165, 1.54) is 173 Å². The lowest BCUT2D eigenvalue weighted by atomic mass is 10.0. The van der Waals surface area contributed by atoms with Gasteiger partial charge in [-0.1, -0.05) is 292 Å². The van der Waals surface area contributed by atoms with Crippen molar-refractivity contribution in [3.05, 3.63) is 85.1 Å². The highest BCUT2D eigenvalue weighted by atomic mass is 16.6. The van der Waals surface area contributed by atoms with Gasteiger partial charge in [0.15, 0.2) is 6.10 Å². The molecule has 0 rings (SSSR count). The van der Waals surface area contributed by atoms with Crippen molar-refractivity contribution in [1.82, 2.24) is 0 Å². The second-order valence-electron chi connectivity index (χ2n) is 21.6. The van der Waals surface area contributed by atoms with E-state index in [1.807, 2.05) is 0 Å². The molecule has 0 spiro atoms. The summed E-state index contributed by atoms with van der Waals surface area (Å²) < 4.78 is 16.9. The Hall–Kier alpha value is -3.41. The maximum atomic E-state index is 12.9. The smallest absolute Gasteiger partial charge is 0.306 e. The molecule has 0 aromatic carbocycles. The van der Waals surface area contributed by atoms with Gasteiger partial charge in [-0.05, 0) is 96.3 Å². The highest BCUT2D eigenvalue weighted by molar-refractivity contribution is 5.71. The van der Waals surface area contributed by atoms with Crippen LogP contribution >= 0.6 is 0 Å². The van der Waals surface area contributed by atoms with Crippen molar-refractivity contribution < 1.29 is 28.6 Å². The van der Waals surface area contributed by atoms with Gasteiger partial charge in [0.1, 0.15) is 13.2 Å². The summed E-state index contributed by atoms with van der Waals surface area (Å²) in [6.45, 7) is 6.52. The van der Waals surface area contributed by atoms with Crippen LogP contribution in [-0.2, 0) is 28.6 Å². The third-order valence-electron chi connectivity index (χ3n) is 14.1. The van der Waals surface area contributed by atoms with Crippen LogP contribution in [0.15, 0.2) is 85.1 Å². The van der Waals surface area contributed by atoms with Gasteiger partial charge in [-0.25, -0.2) is 0 Å². The fourth-order valence-electron chi connectivity index (χ4n) is 9.27. The molecule has 0 radical (unpaired) electrons. The molecule has 0 aliphatic rings. The van der Waals surface area contributed by atoms with Crippen LogP contribution in [0.3, 0.4) is 0 Å². The van der Waals surface area contributed by atoms with Gasteiger partial charge in [-0.15, -0.1) is 0 Å². The van der Waals surface area contributed by atoms with Gasteiger partial charge in [-0.2, -0.15) is 0 Å². The number of hydrogen-bond acceptors (Lipinski definition) is 6. The average molecular weight is 1060 g/mol. The fourth-order valence-corrected chi connectivity index (χ4v) is 9.27. The Bertz CT molecular complexity index is 1450. The molecule has 0 heterocycles. The second-order valence-corrected chi connectivity index (χ2v) is 21.6. The van der Waals surface area contributed by atoms with Crippen molar-refractivity contribution in [3.63, 3.8) is 0 Å². The number of unbranched alkanes of at least 4 members (excludes halogenated alkanes) is 34. The summed E-state index contributed by atoms with van der Waals surface area (Å²) in [6, 6.07) is 0. The fraction of sp³-hybridized carbons (Fsp3) is 0.757. The Labute approximate surface area is 471 Å². The highest BCUT2D eigenvalue weighted by Gasteiger charge is 2.19. The molecule has 438 valence electrons. The number of carbonyl (C=O) groups is 3. The zero-order valence-corrected chi connectivity index (χ0v) is 50.3. The van der Waals surface area contributed by atoms with Crippen molar-refractivity contribution in [1.29, 1.82) is 0 Å². The van der Waals surface area contributed by atoms with Crippen molar-refractivity contribution in [2.75, 3.05) is 13.2 Å². The van der Waals surface area contributed by atoms with E-state index in [0.717, 1.165) is 109 Å². The average Bonchev–Trinajstić information content (AvgIpc) is 3.42. The van der Waals surface area contributed by atoms with Gasteiger partial charge in [0.05, 0.1) is 0 Å². The monoisotopic (exact) mass is 1060 g/mol. The number of rotatable bonds is 59. The minimum Gasteiger partial charge on any atom is -0.462 e. The second kappa shape index (κ2) is 64.1. The van der Waals surface area contributed by atoms with E-state index in [2.05, 4.69) is 106 Å². The Morgan fingerprint density at radius 2 is 0.513 bits per heavy atom. The van der Waals surface area contributed by atoms with Gasteiger partial charge >= 0.3 is 17.9 Å². The molecule has 6 heteroatoms. The summed E-state index contributed by atoms with van der Waals surface area (Å²) in [5.41, 5.74) is 0. The van der Waals surface area contributed by atoms with Crippen molar-refractivity contribution in [2.24, 2.45) is 0 Å². The van der Waals surface area contributed by atoms with Crippen LogP contribution in [-0.4, -0.2) is 37.2 Å². The zero-order chi connectivity index (χ0) is 55.0. The molecule has 0 amide bonds. The molecule has 0 aliphatic heterocycles. The largest absolute Gasteiger partial charge is 0.462 e. The third-order valence-corrected chi connectivity index (χ3v) is 14.1. The summed E-state index contributed by atoms with van der Waals surface area (Å²) in [6.07, 6.45) is 84.4. The first-order chi connectivity index (χ1) is 37.5. The Morgan fingerprint density at radius 1 is 0.276 bits per heavy atom. The van der Waals surface area contributed by atoms with Gasteiger partial charge in [0, 0.05) is 19.3 Å². The third kappa shape index (κ3) is 61.4. The van der Waals surface area contributed by atoms with Crippen molar-refractivity contribution >= 4 is 17.9 Å². The van der Waals surface area contributed by atoms with Gasteiger partial charge in [-0.3, -0.25) is 14.4 Å². The predicted molar refractivity (Wildman–Crippen MR) is 330 cm³/mol. The normalized spacial score (nSPS) is 12.6. The molecule has 0 saturated carbocycles. The van der Waals surface area contributed by atoms with E-state index >= 15 is 0 Å². The van der Waals surface area contributed by atoms with Gasteiger partial charge in [0.25, 0.3) is 0 Å². The van der Waals surface area contributed by atoms with Crippen LogP contribution in [0.4, 0.5) is 0 Å². The zero-order valence-electron chi connectivity index (χ0n) is 50.3. The maximum absolute atomic E-state index is 12.9. The summed E-state index contributed by atoms with van der Waals surface area (Å²) >= 11 is 0. The summed E-state index contributed by atoms with van der Waals surface area (Å²) in [4.78, 5) is 38.4. The molecule has 1 unspecified atom stereocenters. The van der Waals surface area contributed by atoms with Crippen LogP contribution < -0.4 is 0 Å². The summed E-state index contributed by atoms with van der Waals surface area (Å²) in [7, 11) is 0. The van der Waals surface area contributed by atoms with Gasteiger partial charge in [0.2, 0.25) is 0 Å². The van der Waals surface area contributed by atoms with E-state index < -0.39 is 6.10 Å². The quantitative estimate of drug-likeness (QED) is 0.0261. The first-order valence-electron chi connectivity index (χ1n) is 32.6. The lowest BCUT2D eigenvalue weighted by molar-refractivity contribution is -0.167. The molecule has 6 nitrogen and oxygen atoms in total. The number of ether oxygens (including phenoxy) is 3.